The molecule has 1 aromatic rings. The van der Waals surface area contributed by atoms with Gasteiger partial charge in [0.2, 0.25) is 0 Å². The van der Waals surface area contributed by atoms with E-state index in [1.54, 1.807) is 19.3 Å². The van der Waals surface area contributed by atoms with E-state index in [1.165, 1.54) is 0 Å². The summed E-state index contributed by atoms with van der Waals surface area (Å²) in [7, 11) is 1.61. The molecule has 0 bridgehead atoms. The van der Waals surface area contributed by atoms with Crippen molar-refractivity contribution in [2.75, 3.05) is 7.11 Å². The summed E-state index contributed by atoms with van der Waals surface area (Å²) >= 11 is 0.905. The van der Waals surface area contributed by atoms with Crippen LogP contribution in [0, 0.1) is 0 Å². The van der Waals surface area contributed by atoms with Crippen molar-refractivity contribution in [1.82, 2.24) is 5.32 Å². The fourth-order valence-electron chi connectivity index (χ4n) is 1.40. The Morgan fingerprint density at radius 2 is 1.94 bits per heavy atom. The molecule has 1 aliphatic rings. The fraction of sp³-hybridized carbons (Fsp3) is 0.0769. The second-order valence-electron chi connectivity index (χ2n) is 3.51. The van der Waals surface area contributed by atoms with Gasteiger partial charge in [-0.2, -0.15) is 0 Å². The Hall–Kier alpha value is -2.01. The zero-order valence-corrected chi connectivity index (χ0v) is 10.5. The zero-order valence-electron chi connectivity index (χ0n) is 9.67. The van der Waals surface area contributed by atoms with Crippen LogP contribution in [0.1, 0.15) is 5.56 Å². The van der Waals surface area contributed by atoms with Crippen LogP contribution < -0.4 is 10.1 Å². The summed E-state index contributed by atoms with van der Waals surface area (Å²) in [5, 5.41) is 1.87. The number of imide groups is 1. The Kier molecular flexibility index (Phi) is 3.84. The van der Waals surface area contributed by atoms with Crippen molar-refractivity contribution in [1.29, 1.82) is 0 Å². The van der Waals surface area contributed by atoms with Crippen molar-refractivity contribution in [3.63, 3.8) is 0 Å². The average Bonchev–Trinajstić information content (AvgIpc) is 2.69. The molecule has 1 fully saturated rings. The highest BCUT2D eigenvalue weighted by atomic mass is 32.2. The first-order chi connectivity index (χ1) is 8.69. The lowest BCUT2D eigenvalue weighted by atomic mass is 10.2. The Balaban J connectivity index is 2.04. The maximum absolute atomic E-state index is 11.2. The minimum absolute atomic E-state index is 0.330. The summed E-state index contributed by atoms with van der Waals surface area (Å²) in [5.41, 5.74) is 0.988. The highest BCUT2D eigenvalue weighted by molar-refractivity contribution is 8.18. The van der Waals surface area contributed by atoms with Crippen LogP contribution >= 0.6 is 11.8 Å². The van der Waals surface area contributed by atoms with Crippen LogP contribution in [0.4, 0.5) is 4.79 Å². The van der Waals surface area contributed by atoms with Gasteiger partial charge >= 0.3 is 0 Å². The van der Waals surface area contributed by atoms with Crippen LogP contribution in [-0.2, 0) is 4.79 Å². The van der Waals surface area contributed by atoms with E-state index in [9.17, 15) is 9.59 Å². The predicted octanol–water partition coefficient (Wildman–Crippen LogP) is 2.58. The zero-order chi connectivity index (χ0) is 13.0. The van der Waals surface area contributed by atoms with E-state index in [0.717, 1.165) is 23.1 Å². The summed E-state index contributed by atoms with van der Waals surface area (Å²) in [4.78, 5) is 22.6. The third-order valence-electron chi connectivity index (χ3n) is 2.29. The van der Waals surface area contributed by atoms with E-state index in [-0.39, 0.29) is 11.1 Å². The van der Waals surface area contributed by atoms with Crippen molar-refractivity contribution in [3.05, 3.63) is 46.9 Å². The largest absolute Gasteiger partial charge is 0.497 e. The molecule has 0 radical (unpaired) electrons. The standard InChI is InChI=1S/C13H11NO3S/c1-17-10-7-5-9(6-8-10)3-2-4-11-12(15)14-13(16)18-11/h2-8H,1H3,(H,14,15,16)/b3-2+,11-4-. The molecule has 4 nitrogen and oxygen atoms in total. The highest BCUT2D eigenvalue weighted by Gasteiger charge is 2.24. The highest BCUT2D eigenvalue weighted by Crippen LogP contribution is 2.23. The van der Waals surface area contributed by atoms with Crippen molar-refractivity contribution in [2.24, 2.45) is 0 Å². The first kappa shape index (κ1) is 12.4. The van der Waals surface area contributed by atoms with E-state index in [0.29, 0.717) is 4.91 Å². The van der Waals surface area contributed by atoms with Crippen LogP contribution in [0.25, 0.3) is 6.08 Å². The van der Waals surface area contributed by atoms with Crippen molar-refractivity contribution >= 4 is 29.0 Å². The van der Waals surface area contributed by atoms with Gasteiger partial charge in [0.15, 0.2) is 0 Å². The van der Waals surface area contributed by atoms with Gasteiger partial charge in [0.25, 0.3) is 11.1 Å². The minimum Gasteiger partial charge on any atom is -0.497 e. The van der Waals surface area contributed by atoms with E-state index < -0.39 is 0 Å². The number of allylic oxidation sites excluding steroid dienone is 2. The molecule has 1 heterocycles. The molecule has 2 amide bonds. The molecule has 1 saturated heterocycles. The number of nitrogens with one attached hydrogen (secondary N) is 1. The van der Waals surface area contributed by atoms with Crippen molar-refractivity contribution in [3.8, 4) is 5.75 Å². The first-order valence-corrected chi connectivity index (χ1v) is 6.06. The molecule has 0 spiro atoms. The molecule has 2 rings (SSSR count). The number of carbonyl (C=O) groups is 2. The topological polar surface area (TPSA) is 55.4 Å². The lowest BCUT2D eigenvalue weighted by Crippen LogP contribution is -2.17. The van der Waals surface area contributed by atoms with Gasteiger partial charge in [-0.1, -0.05) is 24.3 Å². The van der Waals surface area contributed by atoms with Crippen molar-refractivity contribution in [2.45, 2.75) is 0 Å². The Bertz CT molecular complexity index is 532. The average molecular weight is 261 g/mol. The Labute approximate surface area is 109 Å². The molecule has 92 valence electrons. The molecule has 18 heavy (non-hydrogen) atoms. The molecule has 1 aromatic carbocycles. The Morgan fingerprint density at radius 1 is 1.22 bits per heavy atom. The van der Waals surface area contributed by atoms with Crippen molar-refractivity contribution < 1.29 is 14.3 Å². The van der Waals surface area contributed by atoms with Gasteiger partial charge in [-0.25, -0.2) is 0 Å². The third kappa shape index (κ3) is 3.01. The van der Waals surface area contributed by atoms with E-state index in [1.807, 2.05) is 30.3 Å². The number of hydrogen-bond donors (Lipinski definition) is 1. The number of carbonyl (C=O) groups excluding carboxylic acids is 2. The van der Waals surface area contributed by atoms with Gasteiger partial charge in [-0.15, -0.1) is 0 Å². The van der Waals surface area contributed by atoms with Crippen LogP contribution in [0.5, 0.6) is 5.75 Å². The molecule has 0 atom stereocenters. The van der Waals surface area contributed by atoms with Crippen LogP contribution in [-0.4, -0.2) is 18.3 Å². The number of amides is 2. The number of hydrogen-bond acceptors (Lipinski definition) is 4. The lowest BCUT2D eigenvalue weighted by Gasteiger charge is -1.98. The first-order valence-electron chi connectivity index (χ1n) is 5.24. The van der Waals surface area contributed by atoms with E-state index in [2.05, 4.69) is 5.32 Å². The van der Waals surface area contributed by atoms with Gasteiger partial charge in [-0.05, 0) is 35.5 Å². The molecular weight excluding hydrogens is 250 g/mol. The number of thioether (sulfide) groups is 1. The van der Waals surface area contributed by atoms with E-state index in [4.69, 9.17) is 4.74 Å². The number of benzene rings is 1. The number of ether oxygens (including phenoxy) is 1. The second-order valence-corrected chi connectivity index (χ2v) is 4.52. The molecular formula is C13H11NO3S. The molecule has 0 saturated carbocycles. The SMILES string of the molecule is COc1ccc(/C=C/C=C2\SC(=O)NC2=O)cc1. The van der Waals surface area contributed by atoms with Crippen LogP contribution in [0.3, 0.4) is 0 Å². The predicted molar refractivity (Wildman–Crippen MR) is 71.2 cm³/mol. The maximum atomic E-state index is 11.2. The minimum atomic E-state index is -0.343. The monoisotopic (exact) mass is 261 g/mol. The smallest absolute Gasteiger partial charge is 0.290 e. The molecule has 0 aromatic heterocycles. The van der Waals surface area contributed by atoms with Crippen LogP contribution in [0.2, 0.25) is 0 Å². The van der Waals surface area contributed by atoms with Gasteiger partial charge < -0.3 is 4.74 Å². The summed E-state index contributed by atoms with van der Waals surface area (Å²) in [6.45, 7) is 0. The molecule has 5 heteroatoms. The van der Waals surface area contributed by atoms with Gasteiger partial charge in [0.05, 0.1) is 12.0 Å². The Morgan fingerprint density at radius 3 is 2.50 bits per heavy atom. The normalized spacial score (nSPS) is 17.5. The molecule has 1 N–H and O–H groups in total. The van der Waals surface area contributed by atoms with Gasteiger partial charge in [0, 0.05) is 0 Å². The second kappa shape index (κ2) is 5.55. The summed E-state index contributed by atoms with van der Waals surface area (Å²) in [6, 6.07) is 7.52. The van der Waals surface area contributed by atoms with Gasteiger partial charge in [-0.3, -0.25) is 14.9 Å². The maximum Gasteiger partial charge on any atom is 0.290 e. The molecule has 0 unspecified atom stereocenters. The lowest BCUT2D eigenvalue weighted by molar-refractivity contribution is -0.115. The van der Waals surface area contributed by atoms with E-state index >= 15 is 0 Å². The summed E-state index contributed by atoms with van der Waals surface area (Å²) in [6.07, 6.45) is 5.21. The number of methoxy groups -OCH3 is 1. The quantitative estimate of drug-likeness (QED) is 0.850. The fourth-order valence-corrected chi connectivity index (χ4v) is 2.03. The third-order valence-corrected chi connectivity index (χ3v) is 3.12. The van der Waals surface area contributed by atoms with Gasteiger partial charge in [0.1, 0.15) is 5.75 Å². The summed E-state index contributed by atoms with van der Waals surface area (Å²) in [5.74, 6) is 0.450. The van der Waals surface area contributed by atoms with Crippen LogP contribution in [0.15, 0.2) is 41.3 Å². The molecule has 1 aliphatic heterocycles. The summed E-state index contributed by atoms with van der Waals surface area (Å²) < 4.78 is 5.05. The number of rotatable bonds is 3. The molecule has 0 aliphatic carbocycles.